The molecule has 0 saturated carbocycles. The van der Waals surface area contributed by atoms with Crippen LogP contribution >= 0.6 is 0 Å². The molecule has 6 heteroatoms. The molecule has 0 aliphatic carbocycles. The number of hydrogen-bond donors (Lipinski definition) is 0. The van der Waals surface area contributed by atoms with Crippen molar-refractivity contribution in [2.75, 3.05) is 20.8 Å². The van der Waals surface area contributed by atoms with Gasteiger partial charge in [-0.1, -0.05) is 0 Å². The Morgan fingerprint density at radius 3 is 2.38 bits per heavy atom. The van der Waals surface area contributed by atoms with Gasteiger partial charge in [-0.3, -0.25) is 9.36 Å². The molecule has 0 fully saturated rings. The van der Waals surface area contributed by atoms with Crippen LogP contribution in [0.2, 0.25) is 0 Å². The molecule has 0 unspecified atom stereocenters. The number of ether oxygens (including phenoxy) is 3. The van der Waals surface area contributed by atoms with Gasteiger partial charge in [-0.05, 0) is 31.2 Å². The highest BCUT2D eigenvalue weighted by Gasteiger charge is 2.13. The highest BCUT2D eigenvalue weighted by molar-refractivity contribution is 5.86. The predicted molar refractivity (Wildman–Crippen MR) is 91.6 cm³/mol. The van der Waals surface area contributed by atoms with E-state index in [-0.39, 0.29) is 5.56 Å². The zero-order valence-electron chi connectivity index (χ0n) is 13.8. The summed E-state index contributed by atoms with van der Waals surface area (Å²) in [7, 11) is 3.16. The SMILES string of the molecule is CCOc1cc(OC)cc2ncn(-c3ccc(OC)cc3)c(=O)c12. The van der Waals surface area contributed by atoms with Gasteiger partial charge in [-0.15, -0.1) is 0 Å². The lowest BCUT2D eigenvalue weighted by Gasteiger charge is -2.12. The average Bonchev–Trinajstić information content (AvgIpc) is 2.62. The maximum atomic E-state index is 12.9. The van der Waals surface area contributed by atoms with Crippen molar-refractivity contribution in [1.82, 2.24) is 9.55 Å². The number of fused-ring (bicyclic) bond motifs is 1. The van der Waals surface area contributed by atoms with Gasteiger partial charge >= 0.3 is 0 Å². The van der Waals surface area contributed by atoms with E-state index in [2.05, 4.69) is 4.98 Å². The minimum atomic E-state index is -0.198. The Bertz CT molecular complexity index is 917. The summed E-state index contributed by atoms with van der Waals surface area (Å²) in [6, 6.07) is 10.6. The maximum Gasteiger partial charge on any atom is 0.269 e. The van der Waals surface area contributed by atoms with Crippen LogP contribution in [-0.4, -0.2) is 30.4 Å². The zero-order chi connectivity index (χ0) is 17.1. The molecule has 6 nitrogen and oxygen atoms in total. The highest BCUT2D eigenvalue weighted by Crippen LogP contribution is 2.28. The van der Waals surface area contributed by atoms with Gasteiger partial charge in [0.05, 0.1) is 32.0 Å². The quantitative estimate of drug-likeness (QED) is 0.721. The molecule has 3 aromatic rings. The second-order valence-electron chi connectivity index (χ2n) is 5.07. The van der Waals surface area contributed by atoms with Crippen molar-refractivity contribution in [2.24, 2.45) is 0 Å². The van der Waals surface area contributed by atoms with Gasteiger partial charge in [-0.2, -0.15) is 0 Å². The third-order valence-electron chi connectivity index (χ3n) is 3.69. The molecule has 124 valence electrons. The summed E-state index contributed by atoms with van der Waals surface area (Å²) in [6.45, 7) is 2.31. The minimum Gasteiger partial charge on any atom is -0.497 e. The molecule has 0 amide bonds. The fourth-order valence-electron chi connectivity index (χ4n) is 2.50. The summed E-state index contributed by atoms with van der Waals surface area (Å²) in [5.41, 5.74) is 1.04. The largest absolute Gasteiger partial charge is 0.497 e. The minimum absolute atomic E-state index is 0.198. The van der Waals surface area contributed by atoms with Gasteiger partial charge < -0.3 is 14.2 Å². The fourth-order valence-corrected chi connectivity index (χ4v) is 2.50. The summed E-state index contributed by atoms with van der Waals surface area (Å²) in [5, 5.41) is 0.427. The molecule has 0 saturated heterocycles. The van der Waals surface area contributed by atoms with Crippen LogP contribution < -0.4 is 19.8 Å². The molecular formula is C18H18N2O4. The van der Waals surface area contributed by atoms with E-state index in [1.165, 1.54) is 10.9 Å². The molecule has 0 aliphatic rings. The van der Waals surface area contributed by atoms with Crippen LogP contribution in [0.1, 0.15) is 6.92 Å². The third kappa shape index (κ3) is 2.78. The van der Waals surface area contributed by atoms with Crippen molar-refractivity contribution in [3.8, 4) is 22.9 Å². The Morgan fingerprint density at radius 1 is 1.04 bits per heavy atom. The second-order valence-corrected chi connectivity index (χ2v) is 5.07. The number of benzene rings is 2. The molecule has 0 N–H and O–H groups in total. The standard InChI is InChI=1S/C18H18N2O4/c1-4-24-16-10-14(23-3)9-15-17(16)18(21)20(11-19-15)12-5-7-13(22-2)8-6-12/h5-11H,4H2,1-3H3. The van der Waals surface area contributed by atoms with Crippen LogP contribution in [0.15, 0.2) is 47.5 Å². The highest BCUT2D eigenvalue weighted by atomic mass is 16.5. The number of methoxy groups -OCH3 is 2. The number of nitrogens with zero attached hydrogens (tertiary/aromatic N) is 2. The lowest BCUT2D eigenvalue weighted by molar-refractivity contribution is 0.340. The van der Waals surface area contributed by atoms with Crippen LogP contribution in [-0.2, 0) is 0 Å². The van der Waals surface area contributed by atoms with Crippen molar-refractivity contribution >= 4 is 10.9 Å². The lowest BCUT2D eigenvalue weighted by atomic mass is 10.2. The number of hydrogen-bond acceptors (Lipinski definition) is 5. The normalized spacial score (nSPS) is 10.6. The van der Waals surface area contributed by atoms with E-state index in [1.807, 2.05) is 6.92 Å². The van der Waals surface area contributed by atoms with Crippen molar-refractivity contribution in [2.45, 2.75) is 6.92 Å². The molecule has 1 heterocycles. The number of aromatic nitrogens is 2. The average molecular weight is 326 g/mol. The van der Waals surface area contributed by atoms with E-state index in [4.69, 9.17) is 14.2 Å². The Labute approximate surface area is 139 Å². The summed E-state index contributed by atoms with van der Waals surface area (Å²) < 4.78 is 17.5. The van der Waals surface area contributed by atoms with E-state index < -0.39 is 0 Å². The van der Waals surface area contributed by atoms with Gasteiger partial charge in [-0.25, -0.2) is 4.98 Å². The summed E-state index contributed by atoms with van der Waals surface area (Å²) in [6.07, 6.45) is 1.50. The molecule has 0 aliphatic heterocycles. The Hall–Kier alpha value is -3.02. The first-order valence-electron chi connectivity index (χ1n) is 7.54. The Kier molecular flexibility index (Phi) is 4.37. The van der Waals surface area contributed by atoms with Gasteiger partial charge in [0.15, 0.2) is 0 Å². The van der Waals surface area contributed by atoms with E-state index in [0.717, 1.165) is 5.75 Å². The zero-order valence-corrected chi connectivity index (χ0v) is 13.8. The molecule has 3 rings (SSSR count). The lowest BCUT2D eigenvalue weighted by Crippen LogP contribution is -2.19. The van der Waals surface area contributed by atoms with E-state index in [1.54, 1.807) is 50.6 Å². The molecule has 0 radical (unpaired) electrons. The van der Waals surface area contributed by atoms with Gasteiger partial charge in [0, 0.05) is 12.1 Å². The first-order valence-corrected chi connectivity index (χ1v) is 7.54. The van der Waals surface area contributed by atoms with Crippen molar-refractivity contribution < 1.29 is 14.2 Å². The van der Waals surface area contributed by atoms with Crippen molar-refractivity contribution in [3.05, 3.63) is 53.1 Å². The van der Waals surface area contributed by atoms with Gasteiger partial charge in [0.1, 0.15) is 29.0 Å². The van der Waals surface area contributed by atoms with Crippen LogP contribution in [0.5, 0.6) is 17.2 Å². The van der Waals surface area contributed by atoms with E-state index in [0.29, 0.717) is 34.7 Å². The smallest absolute Gasteiger partial charge is 0.269 e. The second kappa shape index (κ2) is 6.62. The predicted octanol–water partition coefficient (Wildman–Crippen LogP) is 2.80. The van der Waals surface area contributed by atoms with Gasteiger partial charge in [0.2, 0.25) is 0 Å². The summed E-state index contributed by atoms with van der Waals surface area (Å²) in [4.78, 5) is 17.3. The molecular weight excluding hydrogens is 308 g/mol. The van der Waals surface area contributed by atoms with Crippen molar-refractivity contribution in [1.29, 1.82) is 0 Å². The summed E-state index contributed by atoms with van der Waals surface area (Å²) in [5.74, 6) is 1.78. The van der Waals surface area contributed by atoms with Gasteiger partial charge in [0.25, 0.3) is 5.56 Å². The first-order chi connectivity index (χ1) is 11.7. The maximum absolute atomic E-state index is 12.9. The Morgan fingerprint density at radius 2 is 1.75 bits per heavy atom. The van der Waals surface area contributed by atoms with Crippen LogP contribution in [0.4, 0.5) is 0 Å². The molecule has 0 spiro atoms. The molecule has 0 atom stereocenters. The Balaban J connectivity index is 2.22. The molecule has 0 bridgehead atoms. The fraction of sp³-hybridized carbons (Fsp3) is 0.222. The van der Waals surface area contributed by atoms with Crippen LogP contribution in [0.25, 0.3) is 16.6 Å². The van der Waals surface area contributed by atoms with Crippen LogP contribution in [0.3, 0.4) is 0 Å². The number of rotatable bonds is 5. The molecule has 24 heavy (non-hydrogen) atoms. The van der Waals surface area contributed by atoms with E-state index in [9.17, 15) is 4.79 Å². The first kappa shape index (κ1) is 15.9. The summed E-state index contributed by atoms with van der Waals surface area (Å²) >= 11 is 0. The van der Waals surface area contributed by atoms with Crippen molar-refractivity contribution in [3.63, 3.8) is 0 Å². The van der Waals surface area contributed by atoms with Crippen LogP contribution in [0, 0.1) is 0 Å². The monoisotopic (exact) mass is 326 g/mol. The third-order valence-corrected chi connectivity index (χ3v) is 3.69. The van der Waals surface area contributed by atoms with E-state index >= 15 is 0 Å². The topological polar surface area (TPSA) is 62.6 Å². The molecule has 1 aromatic heterocycles. The molecule has 2 aromatic carbocycles.